The number of hydrogen-bond donors (Lipinski definition) is 2. The first kappa shape index (κ1) is 13.3. The molecule has 0 unspecified atom stereocenters. The van der Waals surface area contributed by atoms with E-state index in [9.17, 15) is 10.0 Å². The van der Waals surface area contributed by atoms with Gasteiger partial charge in [-0.25, -0.2) is 0 Å². The summed E-state index contributed by atoms with van der Waals surface area (Å²) in [6, 6.07) is 1.89. The van der Waals surface area contributed by atoms with E-state index < -0.39 is 7.12 Å². The Balaban J connectivity index is 3.37. The van der Waals surface area contributed by atoms with E-state index in [1.54, 1.807) is 6.92 Å². The summed E-state index contributed by atoms with van der Waals surface area (Å²) in [4.78, 5) is 2.70. The molecule has 84 valence electrons. The Labute approximate surface area is 107 Å². The smallest absolute Gasteiger partial charge is 0.423 e. The Morgan fingerprint density at radius 3 is 2.56 bits per heavy atom. The molecule has 5 nitrogen and oxygen atoms in total. The fourth-order valence-corrected chi connectivity index (χ4v) is 2.28. The van der Waals surface area contributed by atoms with Crippen molar-refractivity contribution in [3.63, 3.8) is 0 Å². The number of nitrogens with zero attached hydrogens (tertiary/aromatic N) is 3. The lowest BCUT2D eigenvalue weighted by atomic mass is 9.73. The lowest BCUT2D eigenvalue weighted by molar-refractivity contribution is 0.425. The third-order valence-electron chi connectivity index (χ3n) is 2.51. The van der Waals surface area contributed by atoms with E-state index >= 15 is 0 Å². The van der Waals surface area contributed by atoms with Crippen molar-refractivity contribution in [2.45, 2.75) is 20.4 Å². The maximum absolute atomic E-state index is 9.31. The summed E-state index contributed by atoms with van der Waals surface area (Å²) in [5.41, 5.74) is 11.2. The molecule has 7 heteroatoms. The molecular weight excluding hydrogens is 320 g/mol. The summed E-state index contributed by atoms with van der Waals surface area (Å²) in [5.74, 6) is 0. The second kappa shape index (κ2) is 5.54. The minimum Gasteiger partial charge on any atom is -0.423 e. The molecule has 0 aromatic heterocycles. The van der Waals surface area contributed by atoms with Crippen LogP contribution in [0.1, 0.15) is 16.7 Å². The van der Waals surface area contributed by atoms with Crippen LogP contribution in [-0.4, -0.2) is 17.2 Å². The van der Waals surface area contributed by atoms with E-state index in [0.717, 1.165) is 20.3 Å². The second-order valence-electron chi connectivity index (χ2n) is 3.44. The predicted octanol–water partition coefficient (Wildman–Crippen LogP) is 1.40. The summed E-state index contributed by atoms with van der Waals surface area (Å²) < 4.78 is 0.925. The third-order valence-corrected chi connectivity index (χ3v) is 3.63. The zero-order valence-corrected chi connectivity index (χ0v) is 11.1. The fraction of sp³-hybridized carbons (Fsp3) is 0.333. The Bertz CT molecular complexity index is 459. The van der Waals surface area contributed by atoms with Gasteiger partial charge in [-0.15, -0.1) is 0 Å². The van der Waals surface area contributed by atoms with E-state index in [4.69, 9.17) is 5.53 Å². The molecule has 16 heavy (non-hydrogen) atoms. The van der Waals surface area contributed by atoms with Gasteiger partial charge in [0, 0.05) is 8.48 Å². The highest BCUT2D eigenvalue weighted by atomic mass is 127. The Morgan fingerprint density at radius 2 is 2.06 bits per heavy atom. The van der Waals surface area contributed by atoms with Gasteiger partial charge in [0.25, 0.3) is 0 Å². The standard InChI is InChI=1S/C9H11BIN3O2/c1-5-7(4-13-14-12)3-8(11)6(2)9(5)10(15)16/h3,15-16H,4H2,1-2H3. The highest BCUT2D eigenvalue weighted by Gasteiger charge is 2.20. The average molecular weight is 331 g/mol. The molecule has 1 rings (SSSR count). The third kappa shape index (κ3) is 2.68. The van der Waals surface area contributed by atoms with E-state index in [-0.39, 0.29) is 6.54 Å². The lowest BCUT2D eigenvalue weighted by Gasteiger charge is -2.14. The van der Waals surface area contributed by atoms with Gasteiger partial charge in [0.05, 0.1) is 6.54 Å². The first-order valence-electron chi connectivity index (χ1n) is 4.64. The highest BCUT2D eigenvalue weighted by Crippen LogP contribution is 2.17. The van der Waals surface area contributed by atoms with Gasteiger partial charge in [-0.1, -0.05) is 5.11 Å². The van der Waals surface area contributed by atoms with Crippen molar-refractivity contribution in [1.29, 1.82) is 0 Å². The van der Waals surface area contributed by atoms with E-state index in [0.29, 0.717) is 5.46 Å². The number of halogens is 1. The number of azide groups is 1. The van der Waals surface area contributed by atoms with Crippen molar-refractivity contribution >= 4 is 35.2 Å². The van der Waals surface area contributed by atoms with Crippen LogP contribution < -0.4 is 5.46 Å². The summed E-state index contributed by atoms with van der Waals surface area (Å²) in [5, 5.41) is 22.1. The van der Waals surface area contributed by atoms with Crippen molar-refractivity contribution in [2.24, 2.45) is 5.11 Å². The van der Waals surface area contributed by atoms with Crippen LogP contribution >= 0.6 is 22.6 Å². The van der Waals surface area contributed by atoms with Gasteiger partial charge >= 0.3 is 7.12 Å². The summed E-state index contributed by atoms with van der Waals surface area (Å²) in [6.45, 7) is 3.85. The SMILES string of the molecule is Cc1c(I)cc(CN=[N+]=[N-])c(C)c1B(O)O. The second-order valence-corrected chi connectivity index (χ2v) is 4.61. The minimum absolute atomic E-state index is 0.221. The number of benzene rings is 1. The zero-order chi connectivity index (χ0) is 12.3. The molecule has 0 saturated heterocycles. The van der Waals surface area contributed by atoms with E-state index in [1.807, 2.05) is 13.0 Å². The lowest BCUT2D eigenvalue weighted by Crippen LogP contribution is -2.35. The molecule has 0 heterocycles. The molecule has 0 radical (unpaired) electrons. The molecule has 2 N–H and O–H groups in total. The van der Waals surface area contributed by atoms with Crippen LogP contribution in [0.2, 0.25) is 0 Å². The maximum Gasteiger partial charge on any atom is 0.489 e. The molecule has 1 aromatic rings. The molecule has 0 amide bonds. The van der Waals surface area contributed by atoms with E-state index in [2.05, 4.69) is 32.6 Å². The predicted molar refractivity (Wildman–Crippen MR) is 71.3 cm³/mol. The summed E-state index contributed by atoms with van der Waals surface area (Å²) >= 11 is 2.12. The Kier molecular flexibility index (Phi) is 4.61. The van der Waals surface area contributed by atoms with Crippen molar-refractivity contribution in [3.05, 3.63) is 36.8 Å². The fourth-order valence-electron chi connectivity index (χ4n) is 1.61. The molecule has 0 saturated carbocycles. The number of hydrogen-bond acceptors (Lipinski definition) is 3. The monoisotopic (exact) mass is 331 g/mol. The molecule has 0 atom stereocenters. The molecule has 0 spiro atoms. The van der Waals surface area contributed by atoms with Crippen molar-refractivity contribution in [1.82, 2.24) is 0 Å². The first-order chi connectivity index (χ1) is 7.49. The van der Waals surface area contributed by atoms with Crippen molar-refractivity contribution in [2.75, 3.05) is 0 Å². The molecule has 0 fully saturated rings. The highest BCUT2D eigenvalue weighted by molar-refractivity contribution is 14.1. The summed E-state index contributed by atoms with van der Waals surface area (Å²) in [6.07, 6.45) is 0. The quantitative estimate of drug-likeness (QED) is 0.288. The summed E-state index contributed by atoms with van der Waals surface area (Å²) in [7, 11) is -1.50. The van der Waals surface area contributed by atoms with Gasteiger partial charge in [-0.05, 0) is 70.2 Å². The van der Waals surface area contributed by atoms with Gasteiger partial charge < -0.3 is 10.0 Å². The molecular formula is C9H11BIN3O2. The van der Waals surface area contributed by atoms with Crippen LogP contribution in [0.25, 0.3) is 10.4 Å². The molecule has 0 aliphatic carbocycles. The number of rotatable bonds is 3. The van der Waals surface area contributed by atoms with Gasteiger partial charge in [-0.2, -0.15) is 0 Å². The van der Waals surface area contributed by atoms with Gasteiger partial charge in [0.2, 0.25) is 0 Å². The van der Waals surface area contributed by atoms with Gasteiger partial charge in [-0.3, -0.25) is 0 Å². The minimum atomic E-state index is -1.50. The van der Waals surface area contributed by atoms with Crippen LogP contribution in [0.4, 0.5) is 0 Å². The average Bonchev–Trinajstić information content (AvgIpc) is 2.21. The van der Waals surface area contributed by atoms with E-state index in [1.165, 1.54) is 0 Å². The zero-order valence-electron chi connectivity index (χ0n) is 8.98. The normalized spacial score (nSPS) is 9.81. The Hall–Kier alpha value is -0.755. The van der Waals surface area contributed by atoms with Gasteiger partial charge in [0.1, 0.15) is 0 Å². The van der Waals surface area contributed by atoms with Crippen LogP contribution in [-0.2, 0) is 6.54 Å². The molecule has 0 bridgehead atoms. The van der Waals surface area contributed by atoms with Crippen molar-refractivity contribution in [3.8, 4) is 0 Å². The first-order valence-corrected chi connectivity index (χ1v) is 5.72. The topological polar surface area (TPSA) is 89.2 Å². The molecule has 0 aliphatic heterocycles. The largest absolute Gasteiger partial charge is 0.489 e. The molecule has 0 aliphatic rings. The maximum atomic E-state index is 9.31. The van der Waals surface area contributed by atoms with Gasteiger partial charge in [0.15, 0.2) is 0 Å². The van der Waals surface area contributed by atoms with Crippen LogP contribution in [0, 0.1) is 17.4 Å². The Morgan fingerprint density at radius 1 is 1.44 bits per heavy atom. The van der Waals surface area contributed by atoms with Crippen LogP contribution in [0.5, 0.6) is 0 Å². The molecule has 1 aromatic carbocycles. The van der Waals surface area contributed by atoms with Crippen molar-refractivity contribution < 1.29 is 10.0 Å². The van der Waals surface area contributed by atoms with Crippen LogP contribution in [0.3, 0.4) is 0 Å². The van der Waals surface area contributed by atoms with Crippen LogP contribution in [0.15, 0.2) is 11.2 Å².